The van der Waals surface area contributed by atoms with E-state index in [1.807, 2.05) is 42.5 Å². The van der Waals surface area contributed by atoms with Gasteiger partial charge in [0.15, 0.2) is 0 Å². The summed E-state index contributed by atoms with van der Waals surface area (Å²) in [6, 6.07) is 12.9. The molecule has 0 aliphatic heterocycles. The molecule has 0 aliphatic rings. The number of benzene rings is 2. The van der Waals surface area contributed by atoms with Crippen molar-refractivity contribution in [3.63, 3.8) is 0 Å². The maximum absolute atomic E-state index is 12.0. The van der Waals surface area contributed by atoms with Gasteiger partial charge in [-0.25, -0.2) is 4.79 Å². The van der Waals surface area contributed by atoms with E-state index in [1.165, 1.54) is 0 Å². The van der Waals surface area contributed by atoms with Crippen molar-refractivity contribution in [1.29, 1.82) is 0 Å². The largest absolute Gasteiger partial charge is 0.323 e. The molecular formula is C14H11IN4O. The van der Waals surface area contributed by atoms with Gasteiger partial charge in [-0.2, -0.15) is 5.10 Å². The minimum Gasteiger partial charge on any atom is -0.308 e. The zero-order valence-corrected chi connectivity index (χ0v) is 12.5. The molecule has 0 saturated heterocycles. The summed E-state index contributed by atoms with van der Waals surface area (Å²) in [4.78, 5) is 12.0. The van der Waals surface area contributed by atoms with Crippen molar-refractivity contribution in [2.45, 2.75) is 0 Å². The number of nitrogens with zero attached hydrogens (tertiary/aromatic N) is 1. The van der Waals surface area contributed by atoms with Gasteiger partial charge in [0.25, 0.3) is 0 Å². The summed E-state index contributed by atoms with van der Waals surface area (Å²) in [5, 5.41) is 13.4. The van der Waals surface area contributed by atoms with Crippen LogP contribution in [0.5, 0.6) is 0 Å². The quantitative estimate of drug-likeness (QED) is 0.594. The van der Waals surface area contributed by atoms with Gasteiger partial charge in [-0.1, -0.05) is 12.1 Å². The molecule has 0 atom stereocenters. The van der Waals surface area contributed by atoms with Crippen LogP contribution in [0.4, 0.5) is 16.2 Å². The highest BCUT2D eigenvalue weighted by molar-refractivity contribution is 14.1. The van der Waals surface area contributed by atoms with Crippen LogP contribution in [-0.2, 0) is 0 Å². The monoisotopic (exact) mass is 378 g/mol. The summed E-state index contributed by atoms with van der Waals surface area (Å²) in [6.45, 7) is 0. The number of carbonyl (C=O) groups excluding carboxylic acids is 1. The lowest BCUT2D eigenvalue weighted by molar-refractivity contribution is 0.262. The second kappa shape index (κ2) is 5.49. The topological polar surface area (TPSA) is 69.8 Å². The van der Waals surface area contributed by atoms with Gasteiger partial charge in [0.05, 0.1) is 17.4 Å². The molecule has 1 heterocycles. The van der Waals surface area contributed by atoms with Gasteiger partial charge in [0, 0.05) is 14.6 Å². The van der Waals surface area contributed by atoms with Crippen molar-refractivity contribution >= 4 is 50.9 Å². The van der Waals surface area contributed by atoms with E-state index in [2.05, 4.69) is 43.4 Å². The second-order valence-electron chi connectivity index (χ2n) is 4.23. The van der Waals surface area contributed by atoms with Crippen LogP contribution in [0.2, 0.25) is 0 Å². The minimum atomic E-state index is -0.270. The highest BCUT2D eigenvalue weighted by Gasteiger charge is 2.06. The molecule has 5 nitrogen and oxygen atoms in total. The van der Waals surface area contributed by atoms with Gasteiger partial charge in [-0.3, -0.25) is 5.10 Å². The number of halogens is 1. The molecule has 6 heteroatoms. The van der Waals surface area contributed by atoms with Crippen molar-refractivity contribution in [2.24, 2.45) is 0 Å². The number of anilines is 2. The van der Waals surface area contributed by atoms with Gasteiger partial charge in [-0.15, -0.1) is 0 Å². The average Bonchev–Trinajstić information content (AvgIpc) is 2.89. The molecule has 3 rings (SSSR count). The van der Waals surface area contributed by atoms with Crippen molar-refractivity contribution in [3.05, 3.63) is 52.2 Å². The number of urea groups is 1. The number of aromatic nitrogens is 2. The Bertz CT molecular complexity index is 768. The third-order valence-corrected chi connectivity index (χ3v) is 3.76. The first-order chi connectivity index (χ1) is 9.72. The van der Waals surface area contributed by atoms with E-state index >= 15 is 0 Å². The molecular weight excluding hydrogens is 367 g/mol. The normalized spacial score (nSPS) is 10.4. The number of hydrogen-bond donors (Lipinski definition) is 3. The van der Waals surface area contributed by atoms with Crippen molar-refractivity contribution in [1.82, 2.24) is 10.2 Å². The van der Waals surface area contributed by atoms with Crippen LogP contribution in [0, 0.1) is 3.57 Å². The first-order valence-corrected chi connectivity index (χ1v) is 7.06. The first kappa shape index (κ1) is 12.9. The molecule has 2 aromatic carbocycles. The highest BCUT2D eigenvalue weighted by Crippen LogP contribution is 2.19. The zero-order chi connectivity index (χ0) is 13.9. The van der Waals surface area contributed by atoms with E-state index in [1.54, 1.807) is 6.20 Å². The summed E-state index contributed by atoms with van der Waals surface area (Å²) >= 11 is 2.18. The fourth-order valence-electron chi connectivity index (χ4n) is 1.86. The number of nitrogens with one attached hydrogen (secondary N) is 3. The van der Waals surface area contributed by atoms with Crippen LogP contribution < -0.4 is 10.6 Å². The number of rotatable bonds is 2. The molecule has 0 radical (unpaired) electrons. The number of amides is 2. The SMILES string of the molecule is O=C(Nc1ccc2cn[nH]c2c1)Nc1ccccc1I. The summed E-state index contributed by atoms with van der Waals surface area (Å²) in [5.74, 6) is 0. The highest BCUT2D eigenvalue weighted by atomic mass is 127. The van der Waals surface area contributed by atoms with E-state index in [0.29, 0.717) is 5.69 Å². The fourth-order valence-corrected chi connectivity index (χ4v) is 2.38. The van der Waals surface area contributed by atoms with Gasteiger partial charge < -0.3 is 10.6 Å². The summed E-state index contributed by atoms with van der Waals surface area (Å²) in [7, 11) is 0. The zero-order valence-electron chi connectivity index (χ0n) is 10.4. The third-order valence-electron chi connectivity index (χ3n) is 2.82. The van der Waals surface area contributed by atoms with Crippen molar-refractivity contribution < 1.29 is 4.79 Å². The lowest BCUT2D eigenvalue weighted by Gasteiger charge is -2.09. The lowest BCUT2D eigenvalue weighted by atomic mass is 10.2. The van der Waals surface area contributed by atoms with E-state index in [0.717, 1.165) is 20.2 Å². The fraction of sp³-hybridized carbons (Fsp3) is 0. The van der Waals surface area contributed by atoms with E-state index < -0.39 is 0 Å². The smallest absolute Gasteiger partial charge is 0.308 e. The van der Waals surface area contributed by atoms with Gasteiger partial charge in [-0.05, 0) is 52.9 Å². The third kappa shape index (κ3) is 2.74. The van der Waals surface area contributed by atoms with Gasteiger partial charge in [0.2, 0.25) is 0 Å². The Morgan fingerprint density at radius 3 is 2.85 bits per heavy atom. The van der Waals surface area contributed by atoms with Crippen LogP contribution in [0.15, 0.2) is 48.7 Å². The Labute approximate surface area is 128 Å². The first-order valence-electron chi connectivity index (χ1n) is 5.98. The minimum absolute atomic E-state index is 0.270. The van der Waals surface area contributed by atoms with E-state index in [9.17, 15) is 4.79 Å². The van der Waals surface area contributed by atoms with Gasteiger partial charge >= 0.3 is 6.03 Å². The molecule has 0 unspecified atom stereocenters. The van der Waals surface area contributed by atoms with Crippen molar-refractivity contribution in [2.75, 3.05) is 10.6 Å². The van der Waals surface area contributed by atoms with Gasteiger partial charge in [0.1, 0.15) is 0 Å². The Hall–Kier alpha value is -2.09. The number of para-hydroxylation sites is 1. The maximum atomic E-state index is 12.0. The molecule has 3 N–H and O–H groups in total. The second-order valence-corrected chi connectivity index (χ2v) is 5.39. The summed E-state index contributed by atoms with van der Waals surface area (Å²) in [6.07, 6.45) is 1.74. The standard InChI is InChI=1S/C14H11IN4O/c15-11-3-1-2-4-12(11)18-14(20)17-10-6-5-9-8-16-19-13(9)7-10/h1-8H,(H,16,19)(H2,17,18,20). The number of aromatic amines is 1. The van der Waals surface area contributed by atoms with Crippen LogP contribution in [-0.4, -0.2) is 16.2 Å². The van der Waals surface area contributed by atoms with Crippen LogP contribution in [0.1, 0.15) is 0 Å². The maximum Gasteiger partial charge on any atom is 0.323 e. The Morgan fingerprint density at radius 1 is 1.15 bits per heavy atom. The average molecular weight is 378 g/mol. The molecule has 0 aliphatic carbocycles. The molecule has 0 fully saturated rings. The number of carbonyl (C=O) groups is 1. The molecule has 1 aromatic heterocycles. The summed E-state index contributed by atoms with van der Waals surface area (Å²) in [5.41, 5.74) is 2.38. The van der Waals surface area contributed by atoms with Crippen LogP contribution in [0.25, 0.3) is 10.9 Å². The number of H-pyrrole nitrogens is 1. The van der Waals surface area contributed by atoms with Crippen LogP contribution >= 0.6 is 22.6 Å². The Kier molecular flexibility index (Phi) is 3.55. The number of fused-ring (bicyclic) bond motifs is 1. The summed E-state index contributed by atoms with van der Waals surface area (Å²) < 4.78 is 0.990. The van der Waals surface area contributed by atoms with E-state index in [4.69, 9.17) is 0 Å². The molecule has 0 saturated carbocycles. The molecule has 0 bridgehead atoms. The van der Waals surface area contributed by atoms with Crippen LogP contribution in [0.3, 0.4) is 0 Å². The van der Waals surface area contributed by atoms with E-state index in [-0.39, 0.29) is 6.03 Å². The molecule has 100 valence electrons. The van der Waals surface area contributed by atoms with Crippen molar-refractivity contribution in [3.8, 4) is 0 Å². The molecule has 3 aromatic rings. The number of hydrogen-bond acceptors (Lipinski definition) is 2. The Morgan fingerprint density at radius 2 is 2.00 bits per heavy atom. The molecule has 2 amide bonds. The predicted octanol–water partition coefficient (Wildman–Crippen LogP) is 3.81. The lowest BCUT2D eigenvalue weighted by Crippen LogP contribution is -2.19. The molecule has 20 heavy (non-hydrogen) atoms. The Balaban J connectivity index is 1.74. The predicted molar refractivity (Wildman–Crippen MR) is 87.9 cm³/mol. The molecule has 0 spiro atoms.